The monoisotopic (exact) mass is 278 g/mol. The maximum atomic E-state index is 4.31. The quantitative estimate of drug-likeness (QED) is 0.844. The van der Waals surface area contributed by atoms with Gasteiger partial charge in [0, 0.05) is 25.0 Å². The number of pyridine rings is 1. The Kier molecular flexibility index (Phi) is 3.75. The molecule has 0 amide bonds. The minimum absolute atomic E-state index is 0.905. The molecule has 1 saturated heterocycles. The van der Waals surface area contributed by atoms with Crippen molar-refractivity contribution in [2.45, 2.75) is 6.42 Å². The van der Waals surface area contributed by atoms with Crippen molar-refractivity contribution in [2.24, 2.45) is 0 Å². The molecule has 0 spiro atoms. The first-order valence-corrected chi connectivity index (χ1v) is 7.98. The van der Waals surface area contributed by atoms with E-state index < -0.39 is 0 Å². The summed E-state index contributed by atoms with van der Waals surface area (Å²) in [6, 6.07) is 5.87. The predicted molar refractivity (Wildman–Crippen MR) is 77.3 cm³/mol. The van der Waals surface area contributed by atoms with E-state index in [4.69, 9.17) is 0 Å². The van der Waals surface area contributed by atoms with Gasteiger partial charge in [0.2, 0.25) is 5.13 Å². The molecule has 0 atom stereocenters. The van der Waals surface area contributed by atoms with Crippen LogP contribution in [0.2, 0.25) is 0 Å². The number of thioether (sulfide) groups is 1. The molecule has 1 aliphatic heterocycles. The SMILES string of the molecule is c1ccc(-c2nnc(N3CCCSCC3)s2)nc1. The molecular weight excluding hydrogens is 264 g/mol. The van der Waals surface area contributed by atoms with Gasteiger partial charge >= 0.3 is 0 Å². The Bertz CT molecular complexity index is 492. The second-order valence-electron chi connectivity index (χ2n) is 4.06. The van der Waals surface area contributed by atoms with Crippen LogP contribution in [0.25, 0.3) is 10.7 Å². The first-order valence-electron chi connectivity index (χ1n) is 6.01. The largest absolute Gasteiger partial charge is 0.346 e. The van der Waals surface area contributed by atoms with E-state index in [9.17, 15) is 0 Å². The third-order valence-electron chi connectivity index (χ3n) is 2.79. The van der Waals surface area contributed by atoms with Crippen molar-refractivity contribution in [3.63, 3.8) is 0 Å². The van der Waals surface area contributed by atoms with Crippen molar-refractivity contribution in [1.29, 1.82) is 0 Å². The van der Waals surface area contributed by atoms with Crippen LogP contribution in [-0.4, -0.2) is 39.8 Å². The highest BCUT2D eigenvalue weighted by atomic mass is 32.2. The van der Waals surface area contributed by atoms with E-state index >= 15 is 0 Å². The minimum atomic E-state index is 0.905. The Hall–Kier alpha value is -1.14. The molecule has 4 nitrogen and oxygen atoms in total. The summed E-state index contributed by atoms with van der Waals surface area (Å²) in [5.41, 5.74) is 0.908. The fourth-order valence-corrected chi connectivity index (χ4v) is 3.63. The van der Waals surface area contributed by atoms with Crippen molar-refractivity contribution in [3.05, 3.63) is 24.4 Å². The molecule has 3 heterocycles. The zero-order chi connectivity index (χ0) is 12.2. The molecule has 3 rings (SSSR count). The van der Waals surface area contributed by atoms with E-state index in [1.165, 1.54) is 17.9 Å². The van der Waals surface area contributed by atoms with Crippen LogP contribution in [0.15, 0.2) is 24.4 Å². The fourth-order valence-electron chi connectivity index (χ4n) is 1.87. The highest BCUT2D eigenvalue weighted by Gasteiger charge is 2.15. The fraction of sp³-hybridized carbons (Fsp3) is 0.417. The lowest BCUT2D eigenvalue weighted by Gasteiger charge is -2.17. The molecule has 0 aliphatic carbocycles. The first-order chi connectivity index (χ1) is 8.93. The summed E-state index contributed by atoms with van der Waals surface area (Å²) in [5, 5.41) is 10.5. The van der Waals surface area contributed by atoms with Gasteiger partial charge in [-0.1, -0.05) is 17.4 Å². The highest BCUT2D eigenvalue weighted by Crippen LogP contribution is 2.28. The third kappa shape index (κ3) is 2.64. The summed E-state index contributed by atoms with van der Waals surface area (Å²) in [7, 11) is 0. The Morgan fingerprint density at radius 3 is 3.00 bits per heavy atom. The van der Waals surface area contributed by atoms with Crippen LogP contribution in [-0.2, 0) is 0 Å². The predicted octanol–water partition coefficient (Wildman–Crippen LogP) is 2.54. The lowest BCUT2D eigenvalue weighted by atomic mass is 10.4. The molecule has 1 aliphatic rings. The lowest BCUT2D eigenvalue weighted by molar-refractivity contribution is 0.803. The maximum Gasteiger partial charge on any atom is 0.208 e. The van der Waals surface area contributed by atoms with Gasteiger partial charge in [0.15, 0.2) is 5.01 Å². The van der Waals surface area contributed by atoms with Gasteiger partial charge in [0.05, 0.1) is 0 Å². The molecule has 94 valence electrons. The van der Waals surface area contributed by atoms with Gasteiger partial charge in [0.25, 0.3) is 0 Å². The molecule has 0 aromatic carbocycles. The number of anilines is 1. The molecule has 0 bridgehead atoms. The summed E-state index contributed by atoms with van der Waals surface area (Å²) in [6.45, 7) is 2.16. The van der Waals surface area contributed by atoms with Crippen molar-refractivity contribution in [3.8, 4) is 10.7 Å². The molecule has 0 radical (unpaired) electrons. The zero-order valence-electron chi connectivity index (χ0n) is 9.95. The Morgan fingerprint density at radius 1 is 1.11 bits per heavy atom. The van der Waals surface area contributed by atoms with Crippen molar-refractivity contribution < 1.29 is 0 Å². The molecule has 6 heteroatoms. The van der Waals surface area contributed by atoms with Crippen LogP contribution >= 0.6 is 23.1 Å². The topological polar surface area (TPSA) is 41.9 Å². The van der Waals surface area contributed by atoms with Crippen LogP contribution in [0.3, 0.4) is 0 Å². The van der Waals surface area contributed by atoms with E-state index in [-0.39, 0.29) is 0 Å². The zero-order valence-corrected chi connectivity index (χ0v) is 11.6. The number of rotatable bonds is 2. The molecular formula is C12H14N4S2. The summed E-state index contributed by atoms with van der Waals surface area (Å²) in [6.07, 6.45) is 3.02. The number of hydrogen-bond donors (Lipinski definition) is 0. The molecule has 0 N–H and O–H groups in total. The van der Waals surface area contributed by atoms with Gasteiger partial charge in [0.1, 0.15) is 5.69 Å². The highest BCUT2D eigenvalue weighted by molar-refractivity contribution is 7.99. The van der Waals surface area contributed by atoms with E-state index in [1.54, 1.807) is 17.5 Å². The molecule has 0 unspecified atom stereocenters. The van der Waals surface area contributed by atoms with Gasteiger partial charge < -0.3 is 4.90 Å². The number of aromatic nitrogens is 3. The van der Waals surface area contributed by atoms with Gasteiger partial charge in [-0.15, -0.1) is 10.2 Å². The molecule has 18 heavy (non-hydrogen) atoms. The Labute approximate surface area is 114 Å². The van der Waals surface area contributed by atoms with Gasteiger partial charge in [-0.3, -0.25) is 4.98 Å². The van der Waals surface area contributed by atoms with E-state index in [2.05, 4.69) is 20.1 Å². The Morgan fingerprint density at radius 2 is 2.11 bits per heavy atom. The maximum absolute atomic E-state index is 4.31. The molecule has 0 saturated carbocycles. The normalized spacial score (nSPS) is 16.6. The standard InChI is InChI=1S/C12H14N4S2/c1-2-5-13-10(4-1)11-14-15-12(18-11)16-6-3-8-17-9-7-16/h1-2,4-5H,3,6-9H2. The summed E-state index contributed by atoms with van der Waals surface area (Å²) >= 11 is 3.65. The van der Waals surface area contributed by atoms with E-state index in [0.29, 0.717) is 0 Å². The van der Waals surface area contributed by atoms with Crippen LogP contribution in [0.1, 0.15) is 6.42 Å². The summed E-state index contributed by atoms with van der Waals surface area (Å²) in [4.78, 5) is 6.65. The van der Waals surface area contributed by atoms with Crippen molar-refractivity contribution >= 4 is 28.2 Å². The van der Waals surface area contributed by atoms with Crippen molar-refractivity contribution in [2.75, 3.05) is 29.5 Å². The number of nitrogens with zero attached hydrogens (tertiary/aromatic N) is 4. The van der Waals surface area contributed by atoms with E-state index in [0.717, 1.165) is 28.9 Å². The third-order valence-corrected chi connectivity index (χ3v) is 4.85. The van der Waals surface area contributed by atoms with Crippen LogP contribution in [0.4, 0.5) is 5.13 Å². The van der Waals surface area contributed by atoms with Gasteiger partial charge in [-0.2, -0.15) is 11.8 Å². The van der Waals surface area contributed by atoms with Crippen LogP contribution < -0.4 is 4.90 Å². The average molecular weight is 278 g/mol. The first kappa shape index (κ1) is 11.9. The summed E-state index contributed by atoms with van der Waals surface area (Å²) in [5.74, 6) is 2.43. The molecule has 1 fully saturated rings. The number of hydrogen-bond acceptors (Lipinski definition) is 6. The van der Waals surface area contributed by atoms with Gasteiger partial charge in [-0.05, 0) is 24.3 Å². The summed E-state index contributed by atoms with van der Waals surface area (Å²) < 4.78 is 0. The second kappa shape index (κ2) is 5.67. The lowest BCUT2D eigenvalue weighted by Crippen LogP contribution is -2.25. The van der Waals surface area contributed by atoms with Crippen LogP contribution in [0.5, 0.6) is 0 Å². The average Bonchev–Trinajstić information content (AvgIpc) is 2.76. The molecule has 2 aromatic rings. The smallest absolute Gasteiger partial charge is 0.208 e. The van der Waals surface area contributed by atoms with Gasteiger partial charge in [-0.25, -0.2) is 0 Å². The second-order valence-corrected chi connectivity index (χ2v) is 6.24. The van der Waals surface area contributed by atoms with E-state index in [1.807, 2.05) is 30.0 Å². The van der Waals surface area contributed by atoms with Crippen LogP contribution in [0, 0.1) is 0 Å². The minimum Gasteiger partial charge on any atom is -0.346 e. The van der Waals surface area contributed by atoms with Crippen molar-refractivity contribution in [1.82, 2.24) is 15.2 Å². The Balaban J connectivity index is 1.80. The molecule has 2 aromatic heterocycles.